The number of nitrogens with two attached hydrogens (primary N) is 1. The van der Waals surface area contributed by atoms with Gasteiger partial charge in [0.05, 0.1) is 0 Å². The van der Waals surface area contributed by atoms with Crippen LogP contribution < -0.4 is 10.5 Å². The topological polar surface area (TPSA) is 35.2 Å². The molecule has 2 N–H and O–H groups in total. The Morgan fingerprint density at radius 1 is 1.29 bits per heavy atom. The summed E-state index contributed by atoms with van der Waals surface area (Å²) in [5, 5.41) is 0. The summed E-state index contributed by atoms with van der Waals surface area (Å²) in [6.45, 7) is 8.76. The number of ether oxygens (including phenoxy) is 1. The van der Waals surface area contributed by atoms with E-state index in [0.717, 1.165) is 5.75 Å². The highest BCUT2D eigenvalue weighted by atomic mass is 16.5. The van der Waals surface area contributed by atoms with Crippen LogP contribution in [0.15, 0.2) is 12.1 Å². The van der Waals surface area contributed by atoms with E-state index in [4.69, 9.17) is 10.5 Å². The van der Waals surface area contributed by atoms with Crippen LogP contribution >= 0.6 is 0 Å². The number of aryl methyl sites for hydroxylation is 2. The lowest BCUT2D eigenvalue weighted by Gasteiger charge is -2.13. The fourth-order valence-electron chi connectivity index (χ4n) is 1.37. The molecule has 14 heavy (non-hydrogen) atoms. The first-order valence-corrected chi connectivity index (χ1v) is 4.97. The Hall–Kier alpha value is -1.02. The quantitative estimate of drug-likeness (QED) is 0.799. The SMILES string of the molecule is Cc1cc(C)c(C)c(OC[C@H](C)N)c1. The minimum atomic E-state index is 0.0789. The highest BCUT2D eigenvalue weighted by Gasteiger charge is 2.04. The lowest BCUT2D eigenvalue weighted by molar-refractivity contribution is 0.294. The molecule has 0 unspecified atom stereocenters. The molecule has 78 valence electrons. The van der Waals surface area contributed by atoms with Gasteiger partial charge in [-0.15, -0.1) is 0 Å². The predicted octanol–water partition coefficient (Wildman–Crippen LogP) is 2.34. The van der Waals surface area contributed by atoms with Crippen molar-refractivity contribution >= 4 is 0 Å². The average molecular weight is 193 g/mol. The van der Waals surface area contributed by atoms with Gasteiger partial charge in [-0.1, -0.05) is 6.07 Å². The number of hydrogen-bond acceptors (Lipinski definition) is 2. The van der Waals surface area contributed by atoms with Crippen LogP contribution in [0.5, 0.6) is 5.75 Å². The van der Waals surface area contributed by atoms with Crippen molar-refractivity contribution in [1.82, 2.24) is 0 Å². The van der Waals surface area contributed by atoms with Gasteiger partial charge in [-0.2, -0.15) is 0 Å². The molecule has 0 heterocycles. The van der Waals surface area contributed by atoms with Crippen LogP contribution in [-0.4, -0.2) is 12.6 Å². The Morgan fingerprint density at radius 2 is 1.93 bits per heavy atom. The molecular weight excluding hydrogens is 174 g/mol. The fourth-order valence-corrected chi connectivity index (χ4v) is 1.37. The van der Waals surface area contributed by atoms with Gasteiger partial charge in [0, 0.05) is 6.04 Å². The second kappa shape index (κ2) is 4.47. The Bertz CT molecular complexity index is 318. The van der Waals surface area contributed by atoms with E-state index in [9.17, 15) is 0 Å². The van der Waals surface area contributed by atoms with Crippen LogP contribution in [0.25, 0.3) is 0 Å². The molecule has 0 saturated heterocycles. The molecule has 0 spiro atoms. The summed E-state index contributed by atoms with van der Waals surface area (Å²) in [5.74, 6) is 0.958. The molecule has 2 nitrogen and oxygen atoms in total. The summed E-state index contributed by atoms with van der Waals surface area (Å²) < 4.78 is 5.63. The second-order valence-electron chi connectivity index (χ2n) is 3.99. The minimum absolute atomic E-state index is 0.0789. The Labute approximate surface area is 86.1 Å². The van der Waals surface area contributed by atoms with E-state index in [-0.39, 0.29) is 6.04 Å². The van der Waals surface area contributed by atoms with Gasteiger partial charge < -0.3 is 10.5 Å². The normalized spacial score (nSPS) is 12.6. The highest BCUT2D eigenvalue weighted by Crippen LogP contribution is 2.23. The molecule has 0 bridgehead atoms. The maximum absolute atomic E-state index is 5.64. The zero-order chi connectivity index (χ0) is 10.7. The molecule has 0 saturated carbocycles. The van der Waals surface area contributed by atoms with Gasteiger partial charge in [-0.25, -0.2) is 0 Å². The van der Waals surface area contributed by atoms with Crippen LogP contribution in [0.3, 0.4) is 0 Å². The second-order valence-corrected chi connectivity index (χ2v) is 3.99. The van der Waals surface area contributed by atoms with Crippen molar-refractivity contribution in [2.75, 3.05) is 6.61 Å². The van der Waals surface area contributed by atoms with Crippen LogP contribution in [0.1, 0.15) is 23.6 Å². The Morgan fingerprint density at radius 3 is 2.50 bits per heavy atom. The molecule has 0 aliphatic carbocycles. The lowest BCUT2D eigenvalue weighted by atomic mass is 10.1. The largest absolute Gasteiger partial charge is 0.492 e. The third-order valence-corrected chi connectivity index (χ3v) is 2.27. The molecule has 1 atom stereocenters. The summed E-state index contributed by atoms with van der Waals surface area (Å²) in [5.41, 5.74) is 9.34. The number of benzene rings is 1. The van der Waals surface area contributed by atoms with Crippen molar-refractivity contribution in [3.8, 4) is 5.75 Å². The molecule has 0 aliphatic rings. The predicted molar refractivity (Wildman–Crippen MR) is 59.8 cm³/mol. The zero-order valence-corrected chi connectivity index (χ0v) is 9.42. The third-order valence-electron chi connectivity index (χ3n) is 2.27. The van der Waals surface area contributed by atoms with Crippen molar-refractivity contribution in [1.29, 1.82) is 0 Å². The van der Waals surface area contributed by atoms with Crippen LogP contribution in [0, 0.1) is 20.8 Å². The monoisotopic (exact) mass is 193 g/mol. The summed E-state index contributed by atoms with van der Waals surface area (Å²) in [6.07, 6.45) is 0. The summed E-state index contributed by atoms with van der Waals surface area (Å²) >= 11 is 0. The summed E-state index contributed by atoms with van der Waals surface area (Å²) in [4.78, 5) is 0. The van der Waals surface area contributed by atoms with Crippen LogP contribution in [0.4, 0.5) is 0 Å². The van der Waals surface area contributed by atoms with E-state index in [2.05, 4.69) is 32.9 Å². The molecule has 1 aromatic rings. The molecule has 0 aromatic heterocycles. The van der Waals surface area contributed by atoms with Gasteiger partial charge in [-0.3, -0.25) is 0 Å². The van der Waals surface area contributed by atoms with Crippen LogP contribution in [-0.2, 0) is 0 Å². The Balaban J connectivity index is 2.85. The Kier molecular flexibility index (Phi) is 3.53. The van der Waals surface area contributed by atoms with Crippen LogP contribution in [0.2, 0.25) is 0 Å². The zero-order valence-electron chi connectivity index (χ0n) is 9.42. The van der Waals surface area contributed by atoms with Gasteiger partial charge in [0.15, 0.2) is 0 Å². The van der Waals surface area contributed by atoms with Crippen molar-refractivity contribution in [2.45, 2.75) is 33.7 Å². The molecule has 2 heteroatoms. The third kappa shape index (κ3) is 2.74. The highest BCUT2D eigenvalue weighted by molar-refractivity contribution is 5.41. The number of rotatable bonds is 3. The molecular formula is C12H19NO. The molecule has 0 amide bonds. The molecule has 1 aromatic carbocycles. The summed E-state index contributed by atoms with van der Waals surface area (Å²) in [6, 6.07) is 4.30. The van der Waals surface area contributed by atoms with Crippen molar-refractivity contribution in [2.24, 2.45) is 5.73 Å². The summed E-state index contributed by atoms with van der Waals surface area (Å²) in [7, 11) is 0. The minimum Gasteiger partial charge on any atom is -0.492 e. The first-order chi connectivity index (χ1) is 6.50. The van der Waals surface area contributed by atoms with E-state index in [0.29, 0.717) is 6.61 Å². The maximum atomic E-state index is 5.64. The standard InChI is InChI=1S/C12H19NO/c1-8-5-9(2)11(4)12(6-8)14-7-10(3)13/h5-6,10H,7,13H2,1-4H3/t10-/m0/s1. The van der Waals surface area contributed by atoms with Gasteiger partial charge in [0.2, 0.25) is 0 Å². The van der Waals surface area contributed by atoms with Gasteiger partial charge >= 0.3 is 0 Å². The van der Waals surface area contributed by atoms with E-state index in [1.807, 2.05) is 6.92 Å². The average Bonchev–Trinajstić information content (AvgIpc) is 2.08. The molecule has 0 fully saturated rings. The van der Waals surface area contributed by atoms with Gasteiger partial charge in [0.1, 0.15) is 12.4 Å². The van der Waals surface area contributed by atoms with Crippen molar-refractivity contribution in [3.05, 3.63) is 28.8 Å². The van der Waals surface area contributed by atoms with E-state index >= 15 is 0 Å². The number of hydrogen-bond donors (Lipinski definition) is 1. The van der Waals surface area contributed by atoms with E-state index in [1.165, 1.54) is 16.7 Å². The first kappa shape index (κ1) is 11.1. The molecule has 1 rings (SSSR count). The van der Waals surface area contributed by atoms with Gasteiger partial charge in [0.25, 0.3) is 0 Å². The van der Waals surface area contributed by atoms with Gasteiger partial charge in [-0.05, 0) is 50.5 Å². The van der Waals surface area contributed by atoms with E-state index < -0.39 is 0 Å². The maximum Gasteiger partial charge on any atom is 0.122 e. The fraction of sp³-hybridized carbons (Fsp3) is 0.500. The lowest BCUT2D eigenvalue weighted by Crippen LogP contribution is -2.23. The van der Waals surface area contributed by atoms with Crippen molar-refractivity contribution < 1.29 is 4.74 Å². The van der Waals surface area contributed by atoms with E-state index in [1.54, 1.807) is 0 Å². The smallest absolute Gasteiger partial charge is 0.122 e. The molecule has 0 aliphatic heterocycles. The van der Waals surface area contributed by atoms with Crippen molar-refractivity contribution in [3.63, 3.8) is 0 Å². The molecule has 0 radical (unpaired) electrons. The first-order valence-electron chi connectivity index (χ1n) is 4.97.